The highest BCUT2D eigenvalue weighted by Crippen LogP contribution is 2.29. The van der Waals surface area contributed by atoms with E-state index in [0.717, 1.165) is 0 Å². The second-order valence-electron chi connectivity index (χ2n) is 5.20. The summed E-state index contributed by atoms with van der Waals surface area (Å²) >= 11 is 0. The number of hydrogen-bond donors (Lipinski definition) is 1. The number of carbonyl (C=O) groups excluding carboxylic acids is 1. The molecule has 0 fully saturated rings. The number of amides is 1. The van der Waals surface area contributed by atoms with Crippen molar-refractivity contribution in [3.63, 3.8) is 0 Å². The Hall–Kier alpha value is -2.54. The van der Waals surface area contributed by atoms with Crippen molar-refractivity contribution < 1.29 is 17.9 Å². The molecule has 2 rings (SSSR count). The lowest BCUT2D eigenvalue weighted by molar-refractivity contribution is -0.119. The average Bonchev–Trinajstić information content (AvgIpc) is 2.59. The maximum absolute atomic E-state index is 13.0. The molecule has 0 atom stereocenters. The van der Waals surface area contributed by atoms with E-state index in [9.17, 15) is 13.2 Å². The Kier molecular flexibility index (Phi) is 5.46. The lowest BCUT2D eigenvalue weighted by atomic mass is 10.2. The summed E-state index contributed by atoms with van der Waals surface area (Å²) in [5.41, 5.74) is 1.22. The van der Waals surface area contributed by atoms with Crippen LogP contribution < -0.4 is 14.4 Å². The number of nitrogens with one attached hydrogen (secondary N) is 1. The zero-order valence-electron chi connectivity index (χ0n) is 13.8. The molecule has 128 valence electrons. The minimum Gasteiger partial charge on any atom is -0.495 e. The molecule has 0 bridgehead atoms. The van der Waals surface area contributed by atoms with Crippen molar-refractivity contribution in [2.24, 2.45) is 0 Å². The lowest BCUT2D eigenvalue weighted by Crippen LogP contribution is -2.27. The van der Waals surface area contributed by atoms with Gasteiger partial charge >= 0.3 is 0 Å². The number of para-hydroxylation sites is 1. The van der Waals surface area contributed by atoms with Gasteiger partial charge in [-0.05, 0) is 29.8 Å². The second-order valence-corrected chi connectivity index (χ2v) is 7.14. The number of carbonyl (C=O) groups is 1. The minimum absolute atomic E-state index is 0.0548. The number of hydrogen-bond acceptors (Lipinski definition) is 4. The van der Waals surface area contributed by atoms with Crippen LogP contribution in [0.25, 0.3) is 0 Å². The van der Waals surface area contributed by atoms with E-state index in [4.69, 9.17) is 4.74 Å². The van der Waals surface area contributed by atoms with Gasteiger partial charge in [0.1, 0.15) is 10.6 Å². The number of methoxy groups -OCH3 is 1. The first kappa shape index (κ1) is 17.8. The highest BCUT2D eigenvalue weighted by molar-refractivity contribution is 7.92. The Bertz CT molecular complexity index is 820. The fourth-order valence-corrected chi connectivity index (χ4v) is 3.58. The molecule has 24 heavy (non-hydrogen) atoms. The summed E-state index contributed by atoms with van der Waals surface area (Å²) in [4.78, 5) is 11.1. The van der Waals surface area contributed by atoms with Crippen LogP contribution in [-0.2, 0) is 21.4 Å². The van der Waals surface area contributed by atoms with Gasteiger partial charge < -0.3 is 10.1 Å². The average molecular weight is 348 g/mol. The third-order valence-corrected chi connectivity index (χ3v) is 5.33. The van der Waals surface area contributed by atoms with Crippen molar-refractivity contribution in [2.75, 3.05) is 18.5 Å². The van der Waals surface area contributed by atoms with Gasteiger partial charge in [-0.15, -0.1) is 0 Å². The summed E-state index contributed by atoms with van der Waals surface area (Å²) in [6.07, 6.45) is 0. The van der Waals surface area contributed by atoms with Crippen LogP contribution in [0.5, 0.6) is 5.75 Å². The van der Waals surface area contributed by atoms with Gasteiger partial charge in [0.15, 0.2) is 0 Å². The first-order valence-corrected chi connectivity index (χ1v) is 8.75. The summed E-state index contributed by atoms with van der Waals surface area (Å²) < 4.78 is 32.3. The van der Waals surface area contributed by atoms with Gasteiger partial charge in [0.05, 0.1) is 12.8 Å². The summed E-state index contributed by atoms with van der Waals surface area (Å²) in [6.45, 7) is 1.65. The Labute approximate surface area is 142 Å². The van der Waals surface area contributed by atoms with E-state index in [2.05, 4.69) is 5.32 Å². The molecule has 2 aromatic carbocycles. The zero-order chi connectivity index (χ0) is 17.7. The first-order valence-electron chi connectivity index (χ1n) is 7.31. The van der Waals surface area contributed by atoms with Crippen LogP contribution >= 0.6 is 0 Å². The van der Waals surface area contributed by atoms with E-state index in [-0.39, 0.29) is 23.1 Å². The van der Waals surface area contributed by atoms with E-state index in [0.29, 0.717) is 11.3 Å². The van der Waals surface area contributed by atoms with Crippen LogP contribution in [0.3, 0.4) is 0 Å². The van der Waals surface area contributed by atoms with Crippen molar-refractivity contribution in [1.29, 1.82) is 0 Å². The summed E-state index contributed by atoms with van der Waals surface area (Å²) in [5.74, 6) is 0.0704. The Balaban J connectivity index is 2.44. The normalized spacial score (nSPS) is 11.0. The van der Waals surface area contributed by atoms with Crippen LogP contribution in [0.4, 0.5) is 5.69 Å². The quantitative estimate of drug-likeness (QED) is 0.868. The first-order chi connectivity index (χ1) is 11.4. The van der Waals surface area contributed by atoms with Crippen molar-refractivity contribution in [1.82, 2.24) is 5.32 Å². The Morgan fingerprint density at radius 3 is 2.42 bits per heavy atom. The van der Waals surface area contributed by atoms with Crippen molar-refractivity contribution in [2.45, 2.75) is 18.4 Å². The van der Waals surface area contributed by atoms with Crippen LogP contribution in [-0.4, -0.2) is 28.5 Å². The molecule has 0 saturated carbocycles. The van der Waals surface area contributed by atoms with Crippen molar-refractivity contribution >= 4 is 21.6 Å². The topological polar surface area (TPSA) is 75.7 Å². The van der Waals surface area contributed by atoms with Gasteiger partial charge in [0.2, 0.25) is 5.91 Å². The summed E-state index contributed by atoms with van der Waals surface area (Å²) in [6, 6.07) is 13.6. The lowest BCUT2D eigenvalue weighted by Gasteiger charge is -2.21. The van der Waals surface area contributed by atoms with Crippen molar-refractivity contribution in [3.8, 4) is 5.75 Å². The van der Waals surface area contributed by atoms with Gasteiger partial charge in [-0.1, -0.05) is 24.3 Å². The van der Waals surface area contributed by atoms with Gasteiger partial charge in [0, 0.05) is 20.5 Å². The summed E-state index contributed by atoms with van der Waals surface area (Å²) in [7, 11) is -0.889. The molecule has 1 N–H and O–H groups in total. The van der Waals surface area contributed by atoms with E-state index < -0.39 is 10.0 Å². The SMILES string of the molecule is COc1ccc(CNC(C)=O)cc1S(=O)(=O)N(C)c1ccccc1. The van der Waals surface area contributed by atoms with Gasteiger partial charge in [-0.2, -0.15) is 0 Å². The molecule has 0 heterocycles. The number of nitrogens with zero attached hydrogens (tertiary/aromatic N) is 1. The predicted molar refractivity (Wildman–Crippen MR) is 92.5 cm³/mol. The molecule has 0 unspecified atom stereocenters. The standard InChI is InChI=1S/C17H20N2O4S/c1-13(20)18-12-14-9-10-16(23-3)17(11-14)24(21,22)19(2)15-7-5-4-6-8-15/h4-11H,12H2,1-3H3,(H,18,20). The molecule has 0 aliphatic heterocycles. The monoisotopic (exact) mass is 348 g/mol. The molecule has 0 aliphatic rings. The molecule has 7 heteroatoms. The number of anilines is 1. The third-order valence-electron chi connectivity index (χ3n) is 3.53. The van der Waals surface area contributed by atoms with Gasteiger partial charge in [-0.25, -0.2) is 8.42 Å². The fraction of sp³-hybridized carbons (Fsp3) is 0.235. The van der Waals surface area contributed by atoms with Crippen LogP contribution in [0.15, 0.2) is 53.4 Å². The van der Waals surface area contributed by atoms with E-state index in [1.54, 1.807) is 36.4 Å². The van der Waals surface area contributed by atoms with E-state index in [1.807, 2.05) is 6.07 Å². The molecular weight excluding hydrogens is 328 g/mol. The Morgan fingerprint density at radius 2 is 1.83 bits per heavy atom. The van der Waals surface area contributed by atoms with Crippen molar-refractivity contribution in [3.05, 3.63) is 54.1 Å². The predicted octanol–water partition coefficient (Wildman–Crippen LogP) is 2.16. The third kappa shape index (κ3) is 3.86. The molecular formula is C17H20N2O4S. The summed E-state index contributed by atoms with van der Waals surface area (Å²) in [5, 5.41) is 2.65. The minimum atomic E-state index is -3.80. The number of benzene rings is 2. The molecule has 0 aromatic heterocycles. The second kappa shape index (κ2) is 7.35. The number of sulfonamides is 1. The molecule has 6 nitrogen and oxygen atoms in total. The molecule has 0 radical (unpaired) electrons. The zero-order valence-corrected chi connectivity index (χ0v) is 14.6. The molecule has 0 aliphatic carbocycles. The van der Waals surface area contributed by atoms with E-state index >= 15 is 0 Å². The van der Waals surface area contributed by atoms with Crippen LogP contribution in [0.1, 0.15) is 12.5 Å². The molecule has 1 amide bonds. The van der Waals surface area contributed by atoms with Gasteiger partial charge in [0.25, 0.3) is 10.0 Å². The van der Waals surface area contributed by atoms with Crippen LogP contribution in [0, 0.1) is 0 Å². The largest absolute Gasteiger partial charge is 0.495 e. The van der Waals surface area contributed by atoms with Gasteiger partial charge in [-0.3, -0.25) is 9.10 Å². The maximum atomic E-state index is 13.0. The highest BCUT2D eigenvalue weighted by atomic mass is 32.2. The number of ether oxygens (including phenoxy) is 1. The number of rotatable bonds is 6. The Morgan fingerprint density at radius 1 is 1.17 bits per heavy atom. The maximum Gasteiger partial charge on any atom is 0.267 e. The fourth-order valence-electron chi connectivity index (χ4n) is 2.18. The molecule has 0 saturated heterocycles. The smallest absolute Gasteiger partial charge is 0.267 e. The molecule has 2 aromatic rings. The highest BCUT2D eigenvalue weighted by Gasteiger charge is 2.25. The molecule has 0 spiro atoms. The van der Waals surface area contributed by atoms with E-state index in [1.165, 1.54) is 31.5 Å². The van der Waals surface area contributed by atoms with Crippen LogP contribution in [0.2, 0.25) is 0 Å².